The van der Waals surface area contributed by atoms with Crippen LogP contribution >= 0.6 is 11.3 Å². The van der Waals surface area contributed by atoms with E-state index in [9.17, 15) is 4.39 Å². The summed E-state index contributed by atoms with van der Waals surface area (Å²) in [6, 6.07) is 8.24. The number of hydrogen-bond acceptors (Lipinski definition) is 3. The predicted octanol–water partition coefficient (Wildman–Crippen LogP) is 2.75. The molecule has 0 bridgehead atoms. The summed E-state index contributed by atoms with van der Waals surface area (Å²) in [7, 11) is 0. The quantitative estimate of drug-likeness (QED) is 0.647. The molecule has 2 rings (SSSR count). The normalized spacial score (nSPS) is 10.2. The van der Waals surface area contributed by atoms with Crippen LogP contribution in [0.1, 0.15) is 10.4 Å². The van der Waals surface area contributed by atoms with Crippen LogP contribution in [0.25, 0.3) is 0 Å². The van der Waals surface area contributed by atoms with E-state index in [-0.39, 0.29) is 11.4 Å². The van der Waals surface area contributed by atoms with E-state index in [1.165, 1.54) is 12.1 Å². The number of thiophene rings is 1. The second-order valence-electron chi connectivity index (χ2n) is 3.39. The molecule has 0 fully saturated rings. The van der Waals surface area contributed by atoms with Crippen molar-refractivity contribution in [3.8, 4) is 5.75 Å². The molecule has 0 aliphatic carbocycles. The van der Waals surface area contributed by atoms with Gasteiger partial charge in [-0.2, -0.15) is 0 Å². The van der Waals surface area contributed by atoms with Gasteiger partial charge in [-0.1, -0.05) is 12.1 Å². The molecular weight excluding hydrogens is 239 g/mol. The van der Waals surface area contributed by atoms with Gasteiger partial charge in [0.15, 0.2) is 0 Å². The summed E-state index contributed by atoms with van der Waals surface area (Å²) in [5.74, 6) is -0.573. The number of benzene rings is 1. The highest BCUT2D eigenvalue weighted by atomic mass is 32.1. The molecule has 0 saturated heterocycles. The van der Waals surface area contributed by atoms with Crippen LogP contribution in [0.15, 0.2) is 35.7 Å². The standard InChI is InChI=1S/C12H11FN2OS/c13-9-4-1-5-10(11(9)12(14)15)16-7-8-3-2-6-17-8/h1-6H,7H2,(H3,14,15). The molecule has 1 aromatic heterocycles. The lowest BCUT2D eigenvalue weighted by molar-refractivity contribution is 0.307. The smallest absolute Gasteiger partial charge is 0.137 e. The third-order valence-electron chi connectivity index (χ3n) is 2.19. The first-order valence-electron chi connectivity index (χ1n) is 4.96. The SMILES string of the molecule is N=C(N)c1c(F)cccc1OCc1cccs1. The first-order valence-corrected chi connectivity index (χ1v) is 5.84. The van der Waals surface area contributed by atoms with E-state index in [4.69, 9.17) is 15.9 Å². The van der Waals surface area contributed by atoms with Crippen LogP contribution in [-0.4, -0.2) is 5.84 Å². The molecule has 1 aromatic carbocycles. The average molecular weight is 250 g/mol. The molecule has 17 heavy (non-hydrogen) atoms. The zero-order valence-electron chi connectivity index (χ0n) is 8.94. The summed E-state index contributed by atoms with van der Waals surface area (Å²) in [4.78, 5) is 1.03. The van der Waals surface area contributed by atoms with E-state index < -0.39 is 5.82 Å². The van der Waals surface area contributed by atoms with Gasteiger partial charge in [0.2, 0.25) is 0 Å². The highest BCUT2D eigenvalue weighted by Gasteiger charge is 2.12. The molecule has 0 aliphatic rings. The van der Waals surface area contributed by atoms with E-state index in [0.29, 0.717) is 12.4 Å². The number of rotatable bonds is 4. The minimum absolute atomic E-state index is 0.0176. The van der Waals surface area contributed by atoms with Crippen molar-refractivity contribution in [2.45, 2.75) is 6.61 Å². The maximum atomic E-state index is 13.5. The molecule has 3 nitrogen and oxygen atoms in total. The van der Waals surface area contributed by atoms with Crippen LogP contribution in [0.4, 0.5) is 4.39 Å². The largest absolute Gasteiger partial charge is 0.487 e. The van der Waals surface area contributed by atoms with Crippen LogP contribution in [0.2, 0.25) is 0 Å². The van der Waals surface area contributed by atoms with Crippen molar-refractivity contribution < 1.29 is 9.13 Å². The molecule has 0 spiro atoms. The van der Waals surface area contributed by atoms with Crippen molar-refractivity contribution >= 4 is 17.2 Å². The molecule has 0 saturated carbocycles. The lowest BCUT2D eigenvalue weighted by Crippen LogP contribution is -2.15. The van der Waals surface area contributed by atoms with Crippen LogP contribution in [0.5, 0.6) is 5.75 Å². The second-order valence-corrected chi connectivity index (χ2v) is 4.43. The van der Waals surface area contributed by atoms with Gasteiger partial charge in [0.1, 0.15) is 24.0 Å². The van der Waals surface area contributed by atoms with Crippen LogP contribution in [0, 0.1) is 11.2 Å². The maximum absolute atomic E-state index is 13.5. The molecule has 0 atom stereocenters. The van der Waals surface area contributed by atoms with Crippen molar-refractivity contribution in [3.05, 3.63) is 52.0 Å². The van der Waals surface area contributed by atoms with Gasteiger partial charge in [-0.15, -0.1) is 11.3 Å². The molecule has 0 aliphatic heterocycles. The molecule has 5 heteroatoms. The summed E-state index contributed by atoms with van der Waals surface area (Å²) >= 11 is 1.56. The summed E-state index contributed by atoms with van der Waals surface area (Å²) in [6.07, 6.45) is 0. The van der Waals surface area contributed by atoms with Gasteiger partial charge in [-0.3, -0.25) is 5.41 Å². The van der Waals surface area contributed by atoms with E-state index in [1.807, 2.05) is 17.5 Å². The molecular formula is C12H11FN2OS. The number of nitrogen functional groups attached to an aromatic ring is 1. The predicted molar refractivity (Wildman–Crippen MR) is 66.1 cm³/mol. The van der Waals surface area contributed by atoms with Gasteiger partial charge in [0.05, 0.1) is 5.56 Å². The zero-order chi connectivity index (χ0) is 12.3. The summed E-state index contributed by atoms with van der Waals surface area (Å²) in [5.41, 5.74) is 5.35. The minimum Gasteiger partial charge on any atom is -0.487 e. The Morgan fingerprint density at radius 3 is 2.82 bits per heavy atom. The molecule has 2 aromatic rings. The van der Waals surface area contributed by atoms with Crippen molar-refractivity contribution in [2.75, 3.05) is 0 Å². The van der Waals surface area contributed by atoms with Crippen LogP contribution < -0.4 is 10.5 Å². The molecule has 3 N–H and O–H groups in total. The van der Waals surface area contributed by atoms with Gasteiger partial charge in [0, 0.05) is 4.88 Å². The third-order valence-corrected chi connectivity index (χ3v) is 3.04. The Morgan fingerprint density at radius 1 is 1.35 bits per heavy atom. The number of hydrogen-bond donors (Lipinski definition) is 2. The summed E-state index contributed by atoms with van der Waals surface area (Å²) < 4.78 is 18.9. The van der Waals surface area contributed by atoms with E-state index in [0.717, 1.165) is 4.88 Å². The Hall–Kier alpha value is -1.88. The Morgan fingerprint density at radius 2 is 2.18 bits per heavy atom. The van der Waals surface area contributed by atoms with Crippen molar-refractivity contribution in [2.24, 2.45) is 5.73 Å². The highest BCUT2D eigenvalue weighted by Crippen LogP contribution is 2.22. The Kier molecular flexibility index (Phi) is 3.39. The highest BCUT2D eigenvalue weighted by molar-refractivity contribution is 7.09. The van der Waals surface area contributed by atoms with Gasteiger partial charge >= 0.3 is 0 Å². The number of nitrogens with two attached hydrogens (primary N) is 1. The van der Waals surface area contributed by atoms with Crippen molar-refractivity contribution in [1.29, 1.82) is 5.41 Å². The van der Waals surface area contributed by atoms with Crippen molar-refractivity contribution in [3.63, 3.8) is 0 Å². The van der Waals surface area contributed by atoms with Crippen LogP contribution in [0.3, 0.4) is 0 Å². The first-order chi connectivity index (χ1) is 8.18. The monoisotopic (exact) mass is 250 g/mol. The fourth-order valence-electron chi connectivity index (χ4n) is 1.43. The second kappa shape index (κ2) is 4.97. The third kappa shape index (κ3) is 2.62. The molecule has 0 radical (unpaired) electrons. The lowest BCUT2D eigenvalue weighted by Gasteiger charge is -2.10. The molecule has 0 unspecified atom stereocenters. The number of amidine groups is 1. The Bertz CT molecular complexity index is 525. The average Bonchev–Trinajstić information content (AvgIpc) is 2.78. The molecule has 88 valence electrons. The lowest BCUT2D eigenvalue weighted by atomic mass is 10.1. The van der Waals surface area contributed by atoms with Gasteiger partial charge in [0.25, 0.3) is 0 Å². The summed E-state index contributed by atoms with van der Waals surface area (Å²) in [5, 5.41) is 9.27. The van der Waals surface area contributed by atoms with Gasteiger partial charge < -0.3 is 10.5 Å². The minimum atomic E-state index is -0.541. The Balaban J connectivity index is 2.21. The zero-order valence-corrected chi connectivity index (χ0v) is 9.76. The fourth-order valence-corrected chi connectivity index (χ4v) is 2.05. The van der Waals surface area contributed by atoms with E-state index >= 15 is 0 Å². The van der Waals surface area contributed by atoms with E-state index in [1.54, 1.807) is 17.4 Å². The molecule has 0 amide bonds. The molecule has 1 heterocycles. The topological polar surface area (TPSA) is 59.1 Å². The van der Waals surface area contributed by atoms with Gasteiger partial charge in [-0.05, 0) is 23.6 Å². The number of ether oxygens (including phenoxy) is 1. The maximum Gasteiger partial charge on any atom is 0.137 e. The summed E-state index contributed by atoms with van der Waals surface area (Å²) in [6.45, 7) is 0.349. The fraction of sp³-hybridized carbons (Fsp3) is 0.0833. The number of nitrogens with one attached hydrogen (secondary N) is 1. The van der Waals surface area contributed by atoms with Crippen molar-refractivity contribution in [1.82, 2.24) is 0 Å². The van der Waals surface area contributed by atoms with Crippen LogP contribution in [-0.2, 0) is 6.61 Å². The first kappa shape index (κ1) is 11.6. The number of halogens is 1. The Labute approximate surface area is 102 Å². The van der Waals surface area contributed by atoms with E-state index in [2.05, 4.69) is 0 Å². The van der Waals surface area contributed by atoms with Gasteiger partial charge in [-0.25, -0.2) is 4.39 Å².